The van der Waals surface area contributed by atoms with E-state index in [1.54, 1.807) is 13.8 Å². The topological polar surface area (TPSA) is 46.6 Å². The molecule has 1 amide bonds. The van der Waals surface area contributed by atoms with Gasteiger partial charge < -0.3 is 9.64 Å². The van der Waals surface area contributed by atoms with Gasteiger partial charge in [-0.1, -0.05) is 12.0 Å². The average Bonchev–Trinajstić information content (AvgIpc) is 2.58. The Kier molecular flexibility index (Phi) is 6.13. The van der Waals surface area contributed by atoms with Crippen LogP contribution in [-0.4, -0.2) is 36.5 Å². The van der Waals surface area contributed by atoms with Crippen LogP contribution in [0.3, 0.4) is 0 Å². The van der Waals surface area contributed by atoms with E-state index in [1.165, 1.54) is 11.0 Å². The van der Waals surface area contributed by atoms with E-state index in [-0.39, 0.29) is 31.0 Å². The zero-order chi connectivity index (χ0) is 18.4. The van der Waals surface area contributed by atoms with E-state index in [4.69, 9.17) is 4.74 Å². The number of carbonyl (C=O) groups is 2. The lowest BCUT2D eigenvalue weighted by atomic mass is 9.75. The minimum Gasteiger partial charge on any atom is -0.466 e. The summed E-state index contributed by atoms with van der Waals surface area (Å²) in [6.45, 7) is 4.04. The molecule has 1 heterocycles. The second kappa shape index (κ2) is 8.11. The van der Waals surface area contributed by atoms with Crippen molar-refractivity contribution in [3.8, 4) is 11.8 Å². The number of nitrogens with zero attached hydrogens (tertiary/aromatic N) is 1. The lowest BCUT2D eigenvalue weighted by Gasteiger charge is -2.40. The van der Waals surface area contributed by atoms with Crippen LogP contribution < -0.4 is 0 Å². The first-order chi connectivity index (χ1) is 11.9. The molecule has 0 unspecified atom stereocenters. The summed E-state index contributed by atoms with van der Waals surface area (Å²) in [4.78, 5) is 26.2. The maximum atomic E-state index is 14.1. The summed E-state index contributed by atoms with van der Waals surface area (Å²) < 4.78 is 32.5. The van der Waals surface area contributed by atoms with Gasteiger partial charge in [-0.2, -0.15) is 0 Å². The summed E-state index contributed by atoms with van der Waals surface area (Å²) in [7, 11) is 0. The number of benzene rings is 1. The maximum Gasteiger partial charge on any atom is 0.314 e. The van der Waals surface area contributed by atoms with Crippen LogP contribution in [0.25, 0.3) is 0 Å². The number of halogens is 2. The molecule has 0 spiro atoms. The van der Waals surface area contributed by atoms with Gasteiger partial charge >= 0.3 is 5.97 Å². The van der Waals surface area contributed by atoms with E-state index in [0.29, 0.717) is 19.4 Å². The molecule has 2 rings (SSSR count). The lowest BCUT2D eigenvalue weighted by Crippen LogP contribution is -2.51. The second-order valence-electron chi connectivity index (χ2n) is 6.12. The zero-order valence-corrected chi connectivity index (χ0v) is 14.4. The van der Waals surface area contributed by atoms with Gasteiger partial charge in [0.05, 0.1) is 12.0 Å². The highest BCUT2D eigenvalue weighted by Crippen LogP contribution is 2.36. The monoisotopic (exact) mass is 349 g/mol. The lowest BCUT2D eigenvalue weighted by molar-refractivity contribution is -0.160. The van der Waals surface area contributed by atoms with E-state index in [0.717, 1.165) is 12.1 Å². The molecule has 1 fully saturated rings. The number of likely N-dealkylation sites (tertiary alicyclic amines) is 1. The predicted molar refractivity (Wildman–Crippen MR) is 88.4 cm³/mol. The van der Waals surface area contributed by atoms with E-state index in [1.807, 2.05) is 0 Å². The van der Waals surface area contributed by atoms with Crippen molar-refractivity contribution < 1.29 is 23.1 Å². The molecule has 4 nitrogen and oxygen atoms in total. The Morgan fingerprint density at radius 2 is 2.12 bits per heavy atom. The molecule has 0 aromatic heterocycles. The standard InChI is InChI=1S/C19H21F2NO3/c1-3-6-17(23)22-10-5-9-19(13-22,18(24)25-4-2)12-14-7-8-15(20)11-16(14)21/h7-8,11H,4-5,9-10,12-13H2,1-2H3/t19-/m1/s1. The van der Waals surface area contributed by atoms with Gasteiger partial charge in [0.25, 0.3) is 5.91 Å². The van der Waals surface area contributed by atoms with Gasteiger partial charge in [-0.3, -0.25) is 9.59 Å². The molecule has 0 bridgehead atoms. The van der Waals surface area contributed by atoms with Gasteiger partial charge in [0.1, 0.15) is 11.6 Å². The molecule has 1 atom stereocenters. The Labute approximate surface area is 146 Å². The van der Waals surface area contributed by atoms with Gasteiger partial charge in [-0.15, -0.1) is 0 Å². The minimum absolute atomic E-state index is 0.0429. The molecule has 0 radical (unpaired) electrons. The fourth-order valence-electron chi connectivity index (χ4n) is 3.19. The number of ether oxygens (including phenoxy) is 1. The third-order valence-electron chi connectivity index (χ3n) is 4.35. The van der Waals surface area contributed by atoms with E-state index in [2.05, 4.69) is 11.8 Å². The molecule has 1 saturated heterocycles. The Balaban J connectivity index is 2.34. The summed E-state index contributed by atoms with van der Waals surface area (Å²) in [6, 6.07) is 3.28. The van der Waals surface area contributed by atoms with E-state index >= 15 is 0 Å². The van der Waals surface area contributed by atoms with Crippen molar-refractivity contribution in [2.45, 2.75) is 33.1 Å². The average molecular weight is 349 g/mol. The Morgan fingerprint density at radius 3 is 2.76 bits per heavy atom. The predicted octanol–water partition coefficient (Wildman–Crippen LogP) is 2.70. The molecular weight excluding hydrogens is 328 g/mol. The van der Waals surface area contributed by atoms with Gasteiger partial charge in [-0.05, 0) is 50.7 Å². The summed E-state index contributed by atoms with van der Waals surface area (Å²) in [5.74, 6) is 2.80. The van der Waals surface area contributed by atoms with E-state index < -0.39 is 23.0 Å². The molecule has 25 heavy (non-hydrogen) atoms. The summed E-state index contributed by atoms with van der Waals surface area (Å²) in [6.07, 6.45) is 1.09. The molecule has 0 N–H and O–H groups in total. The van der Waals surface area contributed by atoms with Crippen molar-refractivity contribution in [1.29, 1.82) is 0 Å². The number of esters is 1. The SMILES string of the molecule is CC#CC(=O)N1CCC[C@](Cc2ccc(F)cc2F)(C(=O)OCC)C1. The quantitative estimate of drug-likeness (QED) is 0.620. The third kappa shape index (κ3) is 4.36. The normalized spacial score (nSPS) is 19.8. The fourth-order valence-corrected chi connectivity index (χ4v) is 3.19. The molecular formula is C19H21F2NO3. The van der Waals surface area contributed by atoms with Crippen molar-refractivity contribution in [3.05, 3.63) is 35.4 Å². The largest absolute Gasteiger partial charge is 0.466 e. The highest BCUT2D eigenvalue weighted by Gasteiger charge is 2.45. The first kappa shape index (κ1) is 18.9. The van der Waals surface area contributed by atoms with Crippen molar-refractivity contribution in [2.24, 2.45) is 5.41 Å². The minimum atomic E-state index is -1.06. The molecule has 0 saturated carbocycles. The highest BCUT2D eigenvalue weighted by atomic mass is 19.1. The number of amides is 1. The van der Waals surface area contributed by atoms with Crippen molar-refractivity contribution >= 4 is 11.9 Å². The highest BCUT2D eigenvalue weighted by molar-refractivity contribution is 5.94. The van der Waals surface area contributed by atoms with Crippen LogP contribution in [-0.2, 0) is 20.7 Å². The molecule has 1 aliphatic rings. The van der Waals surface area contributed by atoms with Crippen LogP contribution in [0.4, 0.5) is 8.78 Å². The molecule has 1 aromatic rings. The van der Waals surface area contributed by atoms with E-state index in [9.17, 15) is 18.4 Å². The summed E-state index contributed by atoms with van der Waals surface area (Å²) >= 11 is 0. The number of hydrogen-bond acceptors (Lipinski definition) is 3. The van der Waals surface area contributed by atoms with Crippen LogP contribution in [0.5, 0.6) is 0 Å². The number of carbonyl (C=O) groups excluding carboxylic acids is 2. The number of piperidine rings is 1. The number of rotatable bonds is 4. The Morgan fingerprint density at radius 1 is 1.36 bits per heavy atom. The van der Waals surface area contributed by atoms with Crippen LogP contribution in [0.1, 0.15) is 32.3 Å². The molecule has 1 aromatic carbocycles. The summed E-state index contributed by atoms with van der Waals surface area (Å²) in [5.41, 5.74) is -0.830. The van der Waals surface area contributed by atoms with Gasteiger partial charge in [-0.25, -0.2) is 8.78 Å². The van der Waals surface area contributed by atoms with Crippen LogP contribution in [0.2, 0.25) is 0 Å². The van der Waals surface area contributed by atoms with Crippen LogP contribution in [0, 0.1) is 28.9 Å². The Bertz CT molecular complexity index is 723. The van der Waals surface area contributed by atoms with Crippen LogP contribution in [0.15, 0.2) is 18.2 Å². The third-order valence-corrected chi connectivity index (χ3v) is 4.35. The molecule has 1 aliphatic heterocycles. The first-order valence-electron chi connectivity index (χ1n) is 8.24. The number of hydrogen-bond donors (Lipinski definition) is 0. The van der Waals surface area contributed by atoms with Gasteiger partial charge in [0.15, 0.2) is 0 Å². The molecule has 6 heteroatoms. The molecule has 0 aliphatic carbocycles. The van der Waals surface area contributed by atoms with Gasteiger partial charge in [0.2, 0.25) is 0 Å². The first-order valence-corrected chi connectivity index (χ1v) is 8.24. The maximum absolute atomic E-state index is 14.1. The second-order valence-corrected chi connectivity index (χ2v) is 6.12. The van der Waals surface area contributed by atoms with Crippen molar-refractivity contribution in [1.82, 2.24) is 4.90 Å². The smallest absolute Gasteiger partial charge is 0.314 e. The summed E-state index contributed by atoms with van der Waals surface area (Å²) in [5, 5.41) is 0. The zero-order valence-electron chi connectivity index (χ0n) is 14.4. The molecule has 134 valence electrons. The fraction of sp³-hybridized carbons (Fsp3) is 0.474. The Hall–Kier alpha value is -2.42. The van der Waals surface area contributed by atoms with Crippen molar-refractivity contribution in [2.75, 3.05) is 19.7 Å². The van der Waals surface area contributed by atoms with Gasteiger partial charge in [0, 0.05) is 19.2 Å². The van der Waals surface area contributed by atoms with Crippen molar-refractivity contribution in [3.63, 3.8) is 0 Å². The van der Waals surface area contributed by atoms with Crippen LogP contribution >= 0.6 is 0 Å².